The first-order valence-electron chi connectivity index (χ1n) is 13.9. The van der Waals surface area contributed by atoms with Gasteiger partial charge in [-0.3, -0.25) is 4.90 Å². The summed E-state index contributed by atoms with van der Waals surface area (Å²) in [5.41, 5.74) is 3.54. The van der Waals surface area contributed by atoms with E-state index in [0.29, 0.717) is 6.54 Å². The monoisotopic (exact) mass is 566 g/mol. The van der Waals surface area contributed by atoms with E-state index in [9.17, 15) is 18.6 Å². The Bertz CT molecular complexity index is 1330. The minimum absolute atomic E-state index is 0.0128. The molecular formula is C31H38N2O6S. The van der Waals surface area contributed by atoms with Gasteiger partial charge in [-0.25, -0.2) is 13.1 Å². The van der Waals surface area contributed by atoms with E-state index in [1.54, 1.807) is 30.3 Å². The number of likely N-dealkylation sites (tertiary alicyclic amines) is 1. The zero-order valence-electron chi connectivity index (χ0n) is 22.7. The van der Waals surface area contributed by atoms with Crippen LogP contribution in [0.1, 0.15) is 54.4 Å². The first-order valence-corrected chi connectivity index (χ1v) is 15.4. The van der Waals surface area contributed by atoms with Crippen LogP contribution in [0.5, 0.6) is 0 Å². The summed E-state index contributed by atoms with van der Waals surface area (Å²) in [4.78, 5) is 2.55. The lowest BCUT2D eigenvalue weighted by atomic mass is 9.90. The summed E-state index contributed by atoms with van der Waals surface area (Å²) in [6.07, 6.45) is 1.11. The Hall–Kier alpha value is -2.63. The lowest BCUT2D eigenvalue weighted by molar-refractivity contribution is -0.276. The van der Waals surface area contributed by atoms with Gasteiger partial charge in [-0.15, -0.1) is 0 Å². The van der Waals surface area contributed by atoms with Crippen LogP contribution in [0.25, 0.3) is 0 Å². The van der Waals surface area contributed by atoms with Crippen molar-refractivity contribution in [3.63, 3.8) is 0 Å². The maximum absolute atomic E-state index is 12.6. The molecule has 9 heteroatoms. The molecule has 0 radical (unpaired) electrons. The number of rotatable bonds is 10. The molecule has 8 nitrogen and oxygen atoms in total. The van der Waals surface area contributed by atoms with Gasteiger partial charge in [0.2, 0.25) is 10.0 Å². The number of hydrogen-bond donors (Lipinski definition) is 3. The molecular weight excluding hydrogens is 528 g/mol. The van der Waals surface area contributed by atoms with Crippen molar-refractivity contribution in [2.24, 2.45) is 5.92 Å². The average Bonchev–Trinajstić information content (AvgIpc) is 3.45. The van der Waals surface area contributed by atoms with Gasteiger partial charge < -0.3 is 19.7 Å². The highest BCUT2D eigenvalue weighted by atomic mass is 32.2. The molecule has 2 saturated heterocycles. The van der Waals surface area contributed by atoms with Gasteiger partial charge in [0.1, 0.15) is 0 Å². The Morgan fingerprint density at radius 2 is 1.57 bits per heavy atom. The van der Waals surface area contributed by atoms with Gasteiger partial charge in [0.15, 0.2) is 6.29 Å². The van der Waals surface area contributed by atoms with Gasteiger partial charge in [-0.05, 0) is 48.2 Å². The van der Waals surface area contributed by atoms with E-state index in [1.165, 1.54) is 0 Å². The van der Waals surface area contributed by atoms with Crippen LogP contribution in [0, 0.1) is 5.92 Å². The zero-order chi connectivity index (χ0) is 28.1. The molecule has 5 rings (SSSR count). The summed E-state index contributed by atoms with van der Waals surface area (Å²) in [5, 5.41) is 19.3. The molecule has 2 aliphatic rings. The van der Waals surface area contributed by atoms with Crippen molar-refractivity contribution in [2.45, 2.75) is 62.4 Å². The normalized spacial score (nSPS) is 25.7. The molecule has 2 aliphatic heterocycles. The number of sulfonamides is 1. The first-order chi connectivity index (χ1) is 19.4. The number of hydrogen-bond acceptors (Lipinski definition) is 7. The smallest absolute Gasteiger partial charge is 0.240 e. The SMILES string of the molecule is C[C@H]1[C@@H](CN2CCC[C@H]2CO)O[C@@H](c2ccc(CNS(=O)(=O)c3ccccc3)cc2)O[C@H]1c1ccc(CO)cc1. The number of aliphatic hydroxyl groups excluding tert-OH is 2. The molecule has 0 bridgehead atoms. The molecule has 2 fully saturated rings. The van der Waals surface area contributed by atoms with E-state index in [0.717, 1.165) is 41.6 Å². The largest absolute Gasteiger partial charge is 0.395 e. The minimum Gasteiger partial charge on any atom is -0.395 e. The van der Waals surface area contributed by atoms with Crippen molar-refractivity contribution in [1.29, 1.82) is 0 Å². The average molecular weight is 567 g/mol. The molecule has 5 atom stereocenters. The number of nitrogens with zero attached hydrogens (tertiary/aromatic N) is 1. The minimum atomic E-state index is -3.60. The van der Waals surface area contributed by atoms with Gasteiger partial charge in [-0.2, -0.15) is 0 Å². The third kappa shape index (κ3) is 6.63. The number of benzene rings is 3. The molecule has 0 aromatic heterocycles. The third-order valence-corrected chi connectivity index (χ3v) is 9.44. The van der Waals surface area contributed by atoms with Crippen LogP contribution in [-0.4, -0.2) is 55.4 Å². The van der Waals surface area contributed by atoms with Crippen molar-refractivity contribution in [3.8, 4) is 0 Å². The molecule has 0 saturated carbocycles. The molecule has 2 heterocycles. The van der Waals surface area contributed by atoms with Crippen molar-refractivity contribution in [1.82, 2.24) is 9.62 Å². The fraction of sp³-hybridized carbons (Fsp3) is 0.419. The van der Waals surface area contributed by atoms with Crippen molar-refractivity contribution in [2.75, 3.05) is 19.7 Å². The van der Waals surface area contributed by atoms with Crippen LogP contribution in [-0.2, 0) is 32.6 Å². The highest BCUT2D eigenvalue weighted by Crippen LogP contribution is 2.42. The van der Waals surface area contributed by atoms with E-state index in [-0.39, 0.29) is 48.8 Å². The van der Waals surface area contributed by atoms with Crippen molar-refractivity contribution < 1.29 is 28.1 Å². The summed E-state index contributed by atoms with van der Waals surface area (Å²) in [7, 11) is -3.60. The summed E-state index contributed by atoms with van der Waals surface area (Å²) in [6.45, 7) is 4.08. The van der Waals surface area contributed by atoms with Gasteiger partial charge in [0.05, 0.1) is 30.3 Å². The molecule has 3 N–H and O–H groups in total. The number of nitrogens with one attached hydrogen (secondary N) is 1. The lowest BCUT2D eigenvalue weighted by Crippen LogP contribution is -2.46. The Balaban J connectivity index is 1.33. The van der Waals surface area contributed by atoms with E-state index in [2.05, 4.69) is 16.5 Å². The molecule has 40 heavy (non-hydrogen) atoms. The van der Waals surface area contributed by atoms with Crippen LogP contribution in [0.3, 0.4) is 0 Å². The molecule has 0 amide bonds. The second kappa shape index (κ2) is 12.9. The summed E-state index contributed by atoms with van der Waals surface area (Å²) in [6, 6.07) is 23.9. The highest BCUT2D eigenvalue weighted by Gasteiger charge is 2.40. The third-order valence-electron chi connectivity index (χ3n) is 8.02. The Morgan fingerprint density at radius 1 is 0.900 bits per heavy atom. The zero-order valence-corrected chi connectivity index (χ0v) is 23.5. The molecule has 214 valence electrons. The Labute approximate surface area is 236 Å². The predicted octanol–water partition coefficient (Wildman–Crippen LogP) is 3.91. The molecule has 0 spiro atoms. The molecule has 0 unspecified atom stereocenters. The van der Waals surface area contributed by atoms with Crippen molar-refractivity contribution >= 4 is 10.0 Å². The van der Waals surface area contributed by atoms with E-state index in [4.69, 9.17) is 9.47 Å². The Morgan fingerprint density at radius 3 is 2.25 bits per heavy atom. The van der Waals surface area contributed by atoms with E-state index >= 15 is 0 Å². The highest BCUT2D eigenvalue weighted by molar-refractivity contribution is 7.89. The first kappa shape index (κ1) is 28.9. The lowest BCUT2D eigenvalue weighted by Gasteiger charge is -2.43. The topological polar surface area (TPSA) is 108 Å². The van der Waals surface area contributed by atoms with Crippen LogP contribution >= 0.6 is 0 Å². The summed E-state index contributed by atoms with van der Waals surface area (Å²) in [5.74, 6) is 0.0582. The number of ether oxygens (including phenoxy) is 2. The van der Waals surface area contributed by atoms with Crippen LogP contribution in [0.2, 0.25) is 0 Å². The second-order valence-corrected chi connectivity index (χ2v) is 12.4. The van der Waals surface area contributed by atoms with Gasteiger partial charge in [-0.1, -0.05) is 73.7 Å². The maximum atomic E-state index is 12.6. The van der Waals surface area contributed by atoms with Crippen molar-refractivity contribution in [3.05, 3.63) is 101 Å². The van der Waals surface area contributed by atoms with Crippen LogP contribution in [0.4, 0.5) is 0 Å². The van der Waals surface area contributed by atoms with E-state index < -0.39 is 16.3 Å². The summed E-state index contributed by atoms with van der Waals surface area (Å²) >= 11 is 0. The molecule has 0 aliphatic carbocycles. The fourth-order valence-corrected chi connectivity index (χ4v) is 6.59. The van der Waals surface area contributed by atoms with Crippen LogP contribution < -0.4 is 4.72 Å². The molecule has 3 aromatic rings. The van der Waals surface area contributed by atoms with Gasteiger partial charge in [0.25, 0.3) is 0 Å². The van der Waals surface area contributed by atoms with Gasteiger partial charge >= 0.3 is 0 Å². The standard InChI is InChI=1S/C31H38N2O6S/c1-22-29(19-33-17-5-6-27(33)21-35)38-31(39-30(22)25-13-11-24(20-34)12-14-25)26-15-9-23(10-16-26)18-32-40(36,37)28-7-3-2-4-8-28/h2-4,7-16,22,27,29-32,34-35H,5-6,17-21H2,1H3/t22-,27-,29+,30+,31+/m0/s1. The predicted molar refractivity (Wildman–Crippen MR) is 152 cm³/mol. The molecule has 3 aromatic carbocycles. The fourth-order valence-electron chi connectivity index (χ4n) is 5.56. The summed E-state index contributed by atoms with van der Waals surface area (Å²) < 4.78 is 40.9. The van der Waals surface area contributed by atoms with Crippen LogP contribution in [0.15, 0.2) is 83.8 Å². The second-order valence-electron chi connectivity index (χ2n) is 10.7. The van der Waals surface area contributed by atoms with Gasteiger partial charge in [0, 0.05) is 30.6 Å². The van der Waals surface area contributed by atoms with E-state index in [1.807, 2.05) is 48.5 Å². The number of aliphatic hydroxyl groups is 2. The maximum Gasteiger partial charge on any atom is 0.240 e. The quantitative estimate of drug-likeness (QED) is 0.342. The Kier molecular flexibility index (Phi) is 9.32.